The first-order valence-corrected chi connectivity index (χ1v) is 10.4. The highest BCUT2D eigenvalue weighted by atomic mass is 16.2. The SMILES string of the molecule is O=C(Cc1cn(CCCN2CCCC2)c2ccccc12)N1CCCCC1. The molecule has 4 heteroatoms. The molecule has 3 heterocycles. The fraction of sp³-hybridized carbons (Fsp3) is 0.591. The Hall–Kier alpha value is -1.81. The average Bonchev–Trinajstić information content (AvgIpc) is 3.32. The van der Waals surface area contributed by atoms with Gasteiger partial charge in [0.2, 0.25) is 5.91 Å². The molecule has 2 aliphatic rings. The number of aromatic nitrogens is 1. The van der Waals surface area contributed by atoms with Gasteiger partial charge in [-0.15, -0.1) is 0 Å². The van der Waals surface area contributed by atoms with Crippen molar-refractivity contribution in [1.82, 2.24) is 14.4 Å². The second-order valence-electron chi connectivity index (χ2n) is 7.89. The van der Waals surface area contributed by atoms with Gasteiger partial charge in [-0.1, -0.05) is 18.2 Å². The van der Waals surface area contributed by atoms with Gasteiger partial charge in [-0.3, -0.25) is 4.79 Å². The van der Waals surface area contributed by atoms with E-state index in [0.717, 1.165) is 32.5 Å². The molecule has 2 fully saturated rings. The van der Waals surface area contributed by atoms with E-state index < -0.39 is 0 Å². The number of benzene rings is 1. The van der Waals surface area contributed by atoms with E-state index >= 15 is 0 Å². The topological polar surface area (TPSA) is 28.5 Å². The minimum Gasteiger partial charge on any atom is -0.347 e. The fourth-order valence-electron chi connectivity index (χ4n) is 4.54. The highest BCUT2D eigenvalue weighted by Gasteiger charge is 2.19. The van der Waals surface area contributed by atoms with Crippen LogP contribution in [0.4, 0.5) is 0 Å². The Morgan fingerprint density at radius 1 is 0.885 bits per heavy atom. The number of para-hydroxylation sites is 1. The molecule has 1 amide bonds. The lowest BCUT2D eigenvalue weighted by Crippen LogP contribution is -2.36. The lowest BCUT2D eigenvalue weighted by molar-refractivity contribution is -0.131. The predicted octanol–water partition coefficient (Wildman–Crippen LogP) is 3.68. The molecule has 0 N–H and O–H groups in total. The van der Waals surface area contributed by atoms with Crippen molar-refractivity contribution >= 4 is 16.8 Å². The Bertz CT molecular complexity index is 739. The molecule has 2 saturated heterocycles. The molecule has 0 atom stereocenters. The van der Waals surface area contributed by atoms with Gasteiger partial charge in [0.05, 0.1) is 6.42 Å². The van der Waals surface area contributed by atoms with Crippen molar-refractivity contribution in [3.63, 3.8) is 0 Å². The summed E-state index contributed by atoms with van der Waals surface area (Å²) in [5.41, 5.74) is 2.47. The highest BCUT2D eigenvalue weighted by molar-refractivity contribution is 5.89. The Morgan fingerprint density at radius 3 is 2.42 bits per heavy atom. The van der Waals surface area contributed by atoms with Crippen LogP contribution in [-0.2, 0) is 17.8 Å². The molecule has 0 aliphatic carbocycles. The summed E-state index contributed by atoms with van der Waals surface area (Å²) < 4.78 is 2.37. The van der Waals surface area contributed by atoms with E-state index in [1.54, 1.807) is 0 Å². The first-order chi connectivity index (χ1) is 12.8. The number of carbonyl (C=O) groups excluding carboxylic acids is 1. The number of piperidine rings is 1. The minimum absolute atomic E-state index is 0.296. The molecule has 1 aromatic heterocycles. The van der Waals surface area contributed by atoms with Crippen LogP contribution in [0.1, 0.15) is 44.1 Å². The number of fused-ring (bicyclic) bond motifs is 1. The van der Waals surface area contributed by atoms with Crippen LogP contribution in [0, 0.1) is 0 Å². The van der Waals surface area contributed by atoms with Crippen molar-refractivity contribution in [3.8, 4) is 0 Å². The Balaban J connectivity index is 1.45. The fourth-order valence-corrected chi connectivity index (χ4v) is 4.54. The largest absolute Gasteiger partial charge is 0.347 e. The van der Waals surface area contributed by atoms with Gasteiger partial charge in [0.1, 0.15) is 0 Å². The Kier molecular flexibility index (Phi) is 5.59. The van der Waals surface area contributed by atoms with Crippen molar-refractivity contribution in [3.05, 3.63) is 36.0 Å². The summed E-state index contributed by atoms with van der Waals surface area (Å²) in [7, 11) is 0. The van der Waals surface area contributed by atoms with Crippen molar-refractivity contribution in [1.29, 1.82) is 0 Å². The maximum absolute atomic E-state index is 12.7. The van der Waals surface area contributed by atoms with Gasteiger partial charge >= 0.3 is 0 Å². The molecule has 0 spiro atoms. The summed E-state index contributed by atoms with van der Waals surface area (Å²) >= 11 is 0. The van der Waals surface area contributed by atoms with Crippen molar-refractivity contribution in [2.45, 2.75) is 51.5 Å². The van der Waals surface area contributed by atoms with Crippen LogP contribution in [-0.4, -0.2) is 53.0 Å². The van der Waals surface area contributed by atoms with Crippen molar-refractivity contribution in [2.24, 2.45) is 0 Å². The molecule has 1 aromatic carbocycles. The van der Waals surface area contributed by atoms with Crippen LogP contribution >= 0.6 is 0 Å². The van der Waals surface area contributed by atoms with Crippen LogP contribution in [0.3, 0.4) is 0 Å². The summed E-state index contributed by atoms with van der Waals surface area (Å²) in [5.74, 6) is 0.296. The van der Waals surface area contributed by atoms with Gasteiger partial charge in [-0.05, 0) is 69.8 Å². The quantitative estimate of drug-likeness (QED) is 0.792. The lowest BCUT2D eigenvalue weighted by Gasteiger charge is -2.26. The van der Waals surface area contributed by atoms with E-state index in [0.29, 0.717) is 12.3 Å². The summed E-state index contributed by atoms with van der Waals surface area (Å²) in [6, 6.07) is 8.56. The summed E-state index contributed by atoms with van der Waals surface area (Å²) in [6.07, 6.45) is 10.2. The number of amides is 1. The number of likely N-dealkylation sites (tertiary alicyclic amines) is 2. The number of hydrogen-bond acceptors (Lipinski definition) is 2. The average molecular weight is 354 g/mol. The molecular formula is C22H31N3O. The Labute approximate surface area is 156 Å². The van der Waals surface area contributed by atoms with Crippen LogP contribution in [0.15, 0.2) is 30.5 Å². The molecule has 140 valence electrons. The van der Waals surface area contributed by atoms with Gasteiger partial charge in [-0.2, -0.15) is 0 Å². The van der Waals surface area contributed by atoms with Crippen LogP contribution in [0.25, 0.3) is 10.9 Å². The summed E-state index contributed by atoms with van der Waals surface area (Å²) in [6.45, 7) is 6.63. The molecule has 26 heavy (non-hydrogen) atoms. The molecule has 0 saturated carbocycles. The van der Waals surface area contributed by atoms with Gasteiger partial charge < -0.3 is 14.4 Å². The third-order valence-corrected chi connectivity index (χ3v) is 5.99. The van der Waals surface area contributed by atoms with Crippen LogP contribution < -0.4 is 0 Å². The first-order valence-electron chi connectivity index (χ1n) is 10.4. The van der Waals surface area contributed by atoms with E-state index in [2.05, 4.69) is 44.8 Å². The third kappa shape index (κ3) is 3.96. The van der Waals surface area contributed by atoms with E-state index in [9.17, 15) is 4.79 Å². The van der Waals surface area contributed by atoms with Gasteiger partial charge in [0.15, 0.2) is 0 Å². The molecule has 2 aromatic rings. The predicted molar refractivity (Wildman–Crippen MR) is 106 cm³/mol. The number of carbonyl (C=O) groups is 1. The third-order valence-electron chi connectivity index (χ3n) is 5.99. The molecule has 0 unspecified atom stereocenters. The second kappa shape index (κ2) is 8.26. The van der Waals surface area contributed by atoms with Crippen molar-refractivity contribution < 1.29 is 4.79 Å². The van der Waals surface area contributed by atoms with Crippen LogP contribution in [0.5, 0.6) is 0 Å². The normalized spacial score (nSPS) is 18.7. The number of nitrogens with zero attached hydrogens (tertiary/aromatic N) is 3. The van der Waals surface area contributed by atoms with Gasteiger partial charge in [0.25, 0.3) is 0 Å². The Morgan fingerprint density at radius 2 is 1.62 bits per heavy atom. The van der Waals surface area contributed by atoms with Crippen LogP contribution in [0.2, 0.25) is 0 Å². The molecule has 0 radical (unpaired) electrons. The molecule has 4 nitrogen and oxygen atoms in total. The summed E-state index contributed by atoms with van der Waals surface area (Å²) in [4.78, 5) is 17.4. The molecular weight excluding hydrogens is 322 g/mol. The maximum Gasteiger partial charge on any atom is 0.227 e. The zero-order valence-corrected chi connectivity index (χ0v) is 15.8. The number of aryl methyl sites for hydroxylation is 1. The number of rotatable bonds is 6. The smallest absolute Gasteiger partial charge is 0.227 e. The lowest BCUT2D eigenvalue weighted by atomic mass is 10.1. The molecule has 0 bridgehead atoms. The second-order valence-corrected chi connectivity index (χ2v) is 7.89. The molecule has 4 rings (SSSR count). The van der Waals surface area contributed by atoms with E-state index in [1.165, 1.54) is 61.8 Å². The standard InChI is InChI=1S/C22H31N3O/c26-22(24-14-4-1-5-15-24)17-19-18-25(21-10-3-2-9-20(19)21)16-8-13-23-11-6-7-12-23/h2-3,9-10,18H,1,4-8,11-17H2. The zero-order valence-electron chi connectivity index (χ0n) is 15.8. The van der Waals surface area contributed by atoms with E-state index in [1.807, 2.05) is 0 Å². The first kappa shape index (κ1) is 17.6. The van der Waals surface area contributed by atoms with E-state index in [4.69, 9.17) is 0 Å². The minimum atomic E-state index is 0.296. The summed E-state index contributed by atoms with van der Waals surface area (Å²) in [5, 5.41) is 1.25. The van der Waals surface area contributed by atoms with Gasteiger partial charge in [-0.25, -0.2) is 0 Å². The number of hydrogen-bond donors (Lipinski definition) is 0. The van der Waals surface area contributed by atoms with E-state index in [-0.39, 0.29) is 0 Å². The highest BCUT2D eigenvalue weighted by Crippen LogP contribution is 2.23. The monoisotopic (exact) mass is 353 g/mol. The van der Waals surface area contributed by atoms with Crippen molar-refractivity contribution in [2.75, 3.05) is 32.7 Å². The zero-order chi connectivity index (χ0) is 17.8. The maximum atomic E-state index is 12.7. The molecule has 2 aliphatic heterocycles. The van der Waals surface area contributed by atoms with Gasteiger partial charge in [0, 0.05) is 36.7 Å².